The summed E-state index contributed by atoms with van der Waals surface area (Å²) in [6, 6.07) is 0. The molecule has 0 aromatic heterocycles. The zero-order chi connectivity index (χ0) is 40.7. The molecule has 330 valence electrons. The van der Waals surface area contributed by atoms with Crippen molar-refractivity contribution >= 4 is 11.9 Å². The van der Waals surface area contributed by atoms with E-state index < -0.39 is 6.10 Å². The van der Waals surface area contributed by atoms with E-state index in [0.29, 0.717) is 12.8 Å². The Labute approximate surface area is 349 Å². The number of aliphatic hydroxyl groups excluding tert-OH is 1. The predicted molar refractivity (Wildman–Crippen MR) is 242 cm³/mol. The fourth-order valence-corrected chi connectivity index (χ4v) is 7.44. The van der Waals surface area contributed by atoms with Crippen molar-refractivity contribution in [1.29, 1.82) is 0 Å². The van der Waals surface area contributed by atoms with Crippen LogP contribution in [0.5, 0.6) is 0 Å². The minimum Gasteiger partial charge on any atom is -0.462 e. The van der Waals surface area contributed by atoms with Gasteiger partial charge in [0, 0.05) is 12.8 Å². The molecular weight excluding hydrogens is 693 g/mol. The smallest absolute Gasteiger partial charge is 0.306 e. The highest BCUT2D eigenvalue weighted by Crippen LogP contribution is 2.16. The van der Waals surface area contributed by atoms with Crippen molar-refractivity contribution in [2.24, 2.45) is 0 Å². The van der Waals surface area contributed by atoms with Gasteiger partial charge in [0.25, 0.3) is 0 Å². The van der Waals surface area contributed by atoms with E-state index >= 15 is 0 Å². The first-order valence-corrected chi connectivity index (χ1v) is 24.9. The van der Waals surface area contributed by atoms with Crippen LogP contribution in [0.1, 0.15) is 271 Å². The number of hydrogen-bond acceptors (Lipinski definition) is 5. The largest absolute Gasteiger partial charge is 0.462 e. The average Bonchev–Trinajstić information content (AvgIpc) is 3.20. The third kappa shape index (κ3) is 45.1. The van der Waals surface area contributed by atoms with E-state index in [-0.39, 0.29) is 25.2 Å². The van der Waals surface area contributed by atoms with Gasteiger partial charge in [-0.05, 0) is 57.8 Å². The number of allylic oxidation sites excluding steroid dienone is 4. The third-order valence-electron chi connectivity index (χ3n) is 11.2. The lowest BCUT2D eigenvalue weighted by molar-refractivity contribution is -0.161. The molecule has 0 rings (SSSR count). The topological polar surface area (TPSA) is 72.8 Å². The van der Waals surface area contributed by atoms with Crippen molar-refractivity contribution in [1.82, 2.24) is 0 Å². The van der Waals surface area contributed by atoms with E-state index in [1.807, 2.05) is 0 Å². The summed E-state index contributed by atoms with van der Waals surface area (Å²) in [6.45, 7) is 4.15. The van der Waals surface area contributed by atoms with Gasteiger partial charge < -0.3 is 14.6 Å². The molecule has 0 unspecified atom stereocenters. The first-order valence-electron chi connectivity index (χ1n) is 24.9. The van der Waals surface area contributed by atoms with Gasteiger partial charge in [0.2, 0.25) is 0 Å². The highest BCUT2D eigenvalue weighted by atomic mass is 16.6. The number of unbranched alkanes of at least 4 members (excludes halogenated alkanes) is 34. The van der Waals surface area contributed by atoms with Gasteiger partial charge in [-0.1, -0.05) is 224 Å². The molecule has 0 aliphatic carbocycles. The summed E-state index contributed by atoms with van der Waals surface area (Å²) < 4.78 is 10.6. The number of hydrogen-bond donors (Lipinski definition) is 1. The van der Waals surface area contributed by atoms with Crippen LogP contribution in [-0.2, 0) is 19.1 Å². The third-order valence-corrected chi connectivity index (χ3v) is 11.2. The average molecular weight is 789 g/mol. The molecule has 0 saturated carbocycles. The molecule has 56 heavy (non-hydrogen) atoms. The summed E-state index contributed by atoms with van der Waals surface area (Å²) in [5.41, 5.74) is 0. The zero-order valence-electron chi connectivity index (χ0n) is 37.7. The Balaban J connectivity index is 3.49. The lowest BCUT2D eigenvalue weighted by atomic mass is 10.0. The quantitative estimate of drug-likeness (QED) is 0.0378. The second-order valence-corrected chi connectivity index (χ2v) is 16.9. The van der Waals surface area contributed by atoms with E-state index in [9.17, 15) is 14.7 Å². The summed E-state index contributed by atoms with van der Waals surface area (Å²) in [6.07, 6.45) is 58.5. The van der Waals surface area contributed by atoms with Gasteiger partial charge in [-0.2, -0.15) is 0 Å². The molecule has 0 amide bonds. The maximum atomic E-state index is 12.2. The van der Waals surface area contributed by atoms with Crippen molar-refractivity contribution in [2.75, 3.05) is 13.2 Å². The van der Waals surface area contributed by atoms with E-state index in [1.54, 1.807) is 0 Å². The van der Waals surface area contributed by atoms with Gasteiger partial charge in [0.1, 0.15) is 6.61 Å². The lowest BCUT2D eigenvalue weighted by Gasteiger charge is -2.15. The Kier molecular flexibility index (Phi) is 46.4. The van der Waals surface area contributed by atoms with Crippen LogP contribution in [0, 0.1) is 0 Å². The first kappa shape index (κ1) is 54.4. The van der Waals surface area contributed by atoms with Gasteiger partial charge >= 0.3 is 11.9 Å². The fraction of sp³-hybridized carbons (Fsp3) is 0.882. The number of carbonyl (C=O) groups excluding carboxylic acids is 2. The van der Waals surface area contributed by atoms with E-state index in [4.69, 9.17) is 9.47 Å². The molecule has 0 aromatic rings. The standard InChI is InChI=1S/C51H96O5/c1-3-5-7-9-11-13-15-17-19-21-23-24-25-26-28-30-32-34-36-38-40-42-44-46-51(54)56-49(47-52)48-55-50(53)45-43-41-39-37-35-33-31-29-27-22-20-18-16-14-12-10-8-6-4-2/h18,20,38,40,49,52H,3-17,19,21-37,39,41-48H2,1-2H3/b20-18+,40-38+/t49-/m0/s1. The van der Waals surface area contributed by atoms with Crippen LogP contribution in [0.2, 0.25) is 0 Å². The molecule has 0 radical (unpaired) electrons. The highest BCUT2D eigenvalue weighted by molar-refractivity contribution is 5.70. The SMILES string of the molecule is CCCCCCCC/C=C/CCCCCCCCCCCC(=O)OC[C@H](CO)OC(=O)CCC/C=C/CCCCCCCCCCCCCCCCCCCC. The molecule has 1 N–H and O–H groups in total. The molecule has 0 saturated heterocycles. The molecule has 0 heterocycles. The fourth-order valence-electron chi connectivity index (χ4n) is 7.44. The van der Waals surface area contributed by atoms with Crippen LogP contribution in [0.3, 0.4) is 0 Å². The second-order valence-electron chi connectivity index (χ2n) is 16.9. The van der Waals surface area contributed by atoms with Gasteiger partial charge in [-0.15, -0.1) is 0 Å². The van der Waals surface area contributed by atoms with E-state index in [2.05, 4.69) is 38.2 Å². The molecule has 5 nitrogen and oxygen atoms in total. The lowest BCUT2D eigenvalue weighted by Crippen LogP contribution is -2.28. The molecular formula is C51H96O5. The number of carbonyl (C=O) groups is 2. The van der Waals surface area contributed by atoms with Gasteiger partial charge in [-0.3, -0.25) is 9.59 Å². The van der Waals surface area contributed by atoms with Gasteiger partial charge in [0.15, 0.2) is 6.10 Å². The molecule has 0 bridgehead atoms. The van der Waals surface area contributed by atoms with Crippen LogP contribution < -0.4 is 0 Å². The van der Waals surface area contributed by atoms with Crippen LogP contribution in [0.4, 0.5) is 0 Å². The molecule has 1 atom stereocenters. The zero-order valence-corrected chi connectivity index (χ0v) is 37.7. The molecule has 5 heteroatoms. The van der Waals surface area contributed by atoms with Crippen LogP contribution in [-0.4, -0.2) is 36.4 Å². The Hall–Kier alpha value is -1.62. The molecule has 0 spiro atoms. The molecule has 0 aromatic carbocycles. The van der Waals surface area contributed by atoms with Crippen LogP contribution in [0.15, 0.2) is 24.3 Å². The van der Waals surface area contributed by atoms with Gasteiger partial charge in [-0.25, -0.2) is 0 Å². The summed E-state index contributed by atoms with van der Waals surface area (Å²) in [5, 5.41) is 9.61. The first-order chi connectivity index (χ1) is 27.6. The molecule has 0 aliphatic heterocycles. The summed E-state index contributed by atoms with van der Waals surface area (Å²) in [4.78, 5) is 24.4. The molecule has 0 aliphatic rings. The molecule has 0 fully saturated rings. The Morgan fingerprint density at radius 1 is 0.393 bits per heavy atom. The summed E-state index contributed by atoms with van der Waals surface area (Å²) in [5.74, 6) is -0.617. The van der Waals surface area contributed by atoms with Gasteiger partial charge in [0.05, 0.1) is 6.61 Å². The monoisotopic (exact) mass is 789 g/mol. The maximum absolute atomic E-state index is 12.2. The number of ether oxygens (including phenoxy) is 2. The Morgan fingerprint density at radius 2 is 0.679 bits per heavy atom. The van der Waals surface area contributed by atoms with E-state index in [0.717, 1.165) is 38.5 Å². The van der Waals surface area contributed by atoms with Crippen LogP contribution in [0.25, 0.3) is 0 Å². The summed E-state index contributed by atoms with van der Waals surface area (Å²) in [7, 11) is 0. The van der Waals surface area contributed by atoms with Crippen molar-refractivity contribution in [3.8, 4) is 0 Å². The number of rotatable bonds is 46. The number of esters is 2. The van der Waals surface area contributed by atoms with Crippen molar-refractivity contribution in [3.63, 3.8) is 0 Å². The minimum atomic E-state index is -0.785. The predicted octanol–water partition coefficient (Wildman–Crippen LogP) is 16.2. The maximum Gasteiger partial charge on any atom is 0.306 e. The normalized spacial score (nSPS) is 12.3. The van der Waals surface area contributed by atoms with Crippen LogP contribution >= 0.6 is 0 Å². The number of aliphatic hydroxyl groups is 1. The van der Waals surface area contributed by atoms with E-state index in [1.165, 1.54) is 205 Å². The van der Waals surface area contributed by atoms with Crippen molar-refractivity contribution in [2.45, 2.75) is 277 Å². The Bertz CT molecular complexity index is 851. The Morgan fingerprint density at radius 3 is 1.02 bits per heavy atom. The minimum absolute atomic E-state index is 0.0741. The second kappa shape index (κ2) is 47.8. The van der Waals surface area contributed by atoms with Crippen molar-refractivity contribution < 1.29 is 24.2 Å². The van der Waals surface area contributed by atoms with Crippen molar-refractivity contribution in [3.05, 3.63) is 24.3 Å². The summed E-state index contributed by atoms with van der Waals surface area (Å²) >= 11 is 0. The highest BCUT2D eigenvalue weighted by Gasteiger charge is 2.16.